The summed E-state index contributed by atoms with van der Waals surface area (Å²) < 4.78 is 114. The van der Waals surface area contributed by atoms with Crippen LogP contribution in [0.4, 0.5) is 38.9 Å². The van der Waals surface area contributed by atoms with Crippen LogP contribution < -0.4 is 119 Å². The predicted molar refractivity (Wildman–Crippen MR) is 201 cm³/mol. The van der Waals surface area contributed by atoms with Crippen LogP contribution in [0, 0.1) is 0 Å². The van der Waals surface area contributed by atoms with Gasteiger partial charge in [-0.1, -0.05) is 35.8 Å². The van der Waals surface area contributed by atoms with Crippen molar-refractivity contribution in [3.63, 3.8) is 0 Å². The van der Waals surface area contributed by atoms with E-state index >= 15 is 0 Å². The van der Waals surface area contributed by atoms with E-state index in [0.717, 1.165) is 30.3 Å². The number of amides is 2. The summed E-state index contributed by atoms with van der Waals surface area (Å²) in [5.41, 5.74) is -1.66. The number of azo groups is 2. The van der Waals surface area contributed by atoms with Crippen LogP contribution in [-0.4, -0.2) is 59.2 Å². The average molecular weight is 919 g/mol. The van der Waals surface area contributed by atoms with Crippen molar-refractivity contribution in [1.29, 1.82) is 0 Å². The second-order valence-corrected chi connectivity index (χ2v) is 16.0. The molecule has 6 aromatic rings. The van der Waals surface area contributed by atoms with Gasteiger partial charge in [0.1, 0.15) is 42.8 Å². The van der Waals surface area contributed by atoms with E-state index in [1.54, 1.807) is 18.2 Å². The Kier molecular flexibility index (Phi) is 17.4. The number of carbonyl (C=O) groups is 1. The number of benzene rings is 6. The Morgan fingerprint density at radius 2 is 1.03 bits per heavy atom. The maximum absolute atomic E-state index is 13.4. The smallest absolute Gasteiger partial charge is 0.871 e. The quantitative estimate of drug-likeness (QED) is 0.0574. The zero-order valence-electron chi connectivity index (χ0n) is 32.5. The minimum absolute atomic E-state index is 0. The average Bonchev–Trinajstić information content (AvgIpc) is 3.15. The molecule has 6 rings (SSSR count). The van der Waals surface area contributed by atoms with E-state index in [1.165, 1.54) is 56.7 Å². The van der Waals surface area contributed by atoms with Gasteiger partial charge < -0.3 is 34.9 Å². The Morgan fingerprint density at radius 3 is 1.48 bits per heavy atom. The van der Waals surface area contributed by atoms with Crippen molar-refractivity contribution in [2.45, 2.75) is 14.7 Å². The Balaban J connectivity index is 0.00000331. The van der Waals surface area contributed by atoms with E-state index in [0.29, 0.717) is 0 Å². The molecule has 0 aromatic heterocycles. The van der Waals surface area contributed by atoms with E-state index in [2.05, 4.69) is 31.1 Å². The van der Waals surface area contributed by atoms with Crippen LogP contribution in [0.1, 0.15) is 0 Å². The number of hydrogen-bond acceptors (Lipinski definition) is 16. The zero-order valence-corrected chi connectivity index (χ0v) is 40.9. The van der Waals surface area contributed by atoms with Gasteiger partial charge in [-0.3, -0.25) is 9.11 Å². The Morgan fingerprint density at radius 1 is 0.590 bits per heavy atom. The maximum atomic E-state index is 13.4. The number of urea groups is 1. The molecular formula is C35H25N6Na3O14S3. The first-order valence-corrected chi connectivity index (χ1v) is 20.3. The molecule has 0 unspecified atom stereocenters. The first kappa shape index (κ1) is 51.6. The number of nitrogens with zero attached hydrogens (tertiary/aromatic N) is 4. The molecule has 4 N–H and O–H groups in total. The van der Waals surface area contributed by atoms with Crippen LogP contribution >= 0.6 is 0 Å². The van der Waals surface area contributed by atoms with E-state index in [1.807, 2.05) is 0 Å². The van der Waals surface area contributed by atoms with Crippen molar-refractivity contribution < 1.29 is 152 Å². The molecule has 20 nitrogen and oxygen atoms in total. The summed E-state index contributed by atoms with van der Waals surface area (Å²) in [4.78, 5) is 10.5. The molecule has 0 spiro atoms. The molecule has 0 bridgehead atoms. The second kappa shape index (κ2) is 20.6. The summed E-state index contributed by atoms with van der Waals surface area (Å²) >= 11 is 0. The number of anilines is 2. The minimum Gasteiger partial charge on any atom is -0.871 e. The molecule has 0 saturated heterocycles. The van der Waals surface area contributed by atoms with Crippen molar-refractivity contribution >= 4 is 92.1 Å². The van der Waals surface area contributed by atoms with Crippen molar-refractivity contribution in [2.24, 2.45) is 20.5 Å². The van der Waals surface area contributed by atoms with Crippen LogP contribution in [0.3, 0.4) is 0 Å². The van der Waals surface area contributed by atoms with Gasteiger partial charge in [-0.2, -0.15) is 16.8 Å². The fourth-order valence-electron chi connectivity index (χ4n) is 5.53. The summed E-state index contributed by atoms with van der Waals surface area (Å²) in [6.07, 6.45) is 0. The van der Waals surface area contributed by atoms with Gasteiger partial charge in [0.15, 0.2) is 0 Å². The first-order valence-electron chi connectivity index (χ1n) is 16.0. The summed E-state index contributed by atoms with van der Waals surface area (Å²) in [5, 5.41) is 46.6. The Hall–Kier alpha value is -3.76. The van der Waals surface area contributed by atoms with Crippen LogP contribution in [0.5, 0.6) is 23.0 Å². The minimum atomic E-state index is -5.15. The van der Waals surface area contributed by atoms with Crippen molar-refractivity contribution in [3.05, 3.63) is 91.0 Å². The van der Waals surface area contributed by atoms with Gasteiger partial charge in [-0.05, 0) is 88.3 Å². The van der Waals surface area contributed by atoms with Crippen LogP contribution in [0.25, 0.3) is 21.5 Å². The predicted octanol–water partition coefficient (Wildman–Crippen LogP) is -2.96. The molecule has 61 heavy (non-hydrogen) atoms. The summed E-state index contributed by atoms with van der Waals surface area (Å²) in [5.74, 6) is -1.75. The molecule has 0 radical (unpaired) electrons. The van der Waals surface area contributed by atoms with Gasteiger partial charge in [0.05, 0.1) is 30.5 Å². The molecule has 26 heteroatoms. The third-order valence-corrected chi connectivity index (χ3v) is 10.7. The molecule has 6 aromatic carbocycles. The topological polar surface area (TPSA) is 321 Å². The molecule has 0 aliphatic carbocycles. The van der Waals surface area contributed by atoms with Gasteiger partial charge >= 0.3 is 94.7 Å². The molecule has 300 valence electrons. The van der Waals surface area contributed by atoms with Crippen molar-refractivity contribution in [1.82, 2.24) is 0 Å². The van der Waals surface area contributed by atoms with E-state index < -0.39 is 73.9 Å². The number of fused-ring (bicyclic) bond motifs is 2. The van der Waals surface area contributed by atoms with Crippen molar-refractivity contribution in [3.8, 4) is 23.0 Å². The molecule has 0 heterocycles. The fourth-order valence-corrected chi connectivity index (χ4v) is 7.33. The summed E-state index contributed by atoms with van der Waals surface area (Å²) in [6.45, 7) is 0. The van der Waals surface area contributed by atoms with E-state index in [4.69, 9.17) is 9.47 Å². The van der Waals surface area contributed by atoms with Crippen LogP contribution in [0.15, 0.2) is 126 Å². The zero-order chi connectivity index (χ0) is 42.2. The second-order valence-electron chi connectivity index (χ2n) is 11.9. The number of nitrogens with one attached hydrogen (secondary N) is 2. The third kappa shape index (κ3) is 11.8. The molecule has 0 aliphatic rings. The summed E-state index contributed by atoms with van der Waals surface area (Å²) in [7, 11) is -12.6. The van der Waals surface area contributed by atoms with Crippen molar-refractivity contribution in [2.75, 3.05) is 24.9 Å². The molecular weight excluding hydrogens is 894 g/mol. The van der Waals surface area contributed by atoms with Gasteiger partial charge in [-0.25, -0.2) is 13.2 Å². The first-order chi connectivity index (χ1) is 27.3. The monoisotopic (exact) mass is 918 g/mol. The normalized spacial score (nSPS) is 11.8. The van der Waals surface area contributed by atoms with E-state index in [-0.39, 0.29) is 144 Å². The molecule has 0 atom stereocenters. The third-order valence-electron chi connectivity index (χ3n) is 8.17. The van der Waals surface area contributed by atoms with E-state index in [9.17, 15) is 53.9 Å². The number of para-hydroxylation sites is 1. The molecule has 2 amide bonds. The van der Waals surface area contributed by atoms with Gasteiger partial charge in [0, 0.05) is 11.4 Å². The van der Waals surface area contributed by atoms with Gasteiger partial charge in [0.25, 0.3) is 20.2 Å². The number of rotatable bonds is 11. The number of methoxy groups -OCH3 is 2. The standard InChI is InChI=1S/C35H28N6O14S3.3Na/c1-54-27-6-4-3-5-25(27)38-40-31-29(57(48,49)50)15-18-13-20(7-10-23(18)33(31)42)36-35(44)37-21-8-11-24-19(14-21)16-30(58(51,52)53)32(34(24)43)41-39-26-17-22(56(45,46)47)9-12-28(26)55-2;;;/h3-17,42-43H,1-2H3,(H2,36,37,44)(H,45,46,47)(H,48,49,50)(H,51,52,53);;;/q;3*+1/p-3. The Bertz CT molecular complexity index is 3080. The fraction of sp³-hybridized carbons (Fsp3) is 0.0571. The van der Waals surface area contributed by atoms with Gasteiger partial charge in [0.2, 0.25) is 0 Å². The number of ether oxygens (including phenoxy) is 2. The SMILES string of the molecule is COc1ccccc1N=Nc1c(S(=O)(=O)O)cc2cc(NC(=O)Nc3ccc4c([O-])c(N=Nc5cc(S(=O)(=O)[O-])ccc5OC)c(S(=O)(=O)O)cc4c3)ccc2c1[O-].[Na+].[Na+].[Na+]. The molecule has 0 aliphatic heterocycles. The number of carbonyl (C=O) groups excluding carboxylic acids is 1. The molecule has 0 fully saturated rings. The van der Waals surface area contributed by atoms with Crippen LogP contribution in [0.2, 0.25) is 0 Å². The largest absolute Gasteiger partial charge is 1.00 e. The summed E-state index contributed by atoms with van der Waals surface area (Å²) in [6, 6.07) is 17.6. The Labute approximate surface area is 413 Å². The van der Waals surface area contributed by atoms with Crippen LogP contribution in [-0.2, 0) is 30.4 Å². The maximum Gasteiger partial charge on any atom is 1.00 e. The molecule has 0 saturated carbocycles. The number of hydrogen-bond donors (Lipinski definition) is 4. The van der Waals surface area contributed by atoms with Gasteiger partial charge in [-0.15, -0.1) is 20.5 Å².